The number of rotatable bonds is 4. The van der Waals surface area contributed by atoms with Crippen LogP contribution in [-0.2, 0) is 4.79 Å². The Morgan fingerprint density at radius 2 is 2.14 bits per heavy atom. The van der Waals surface area contributed by atoms with E-state index >= 15 is 0 Å². The molecule has 3 N–H and O–H groups in total. The standard InChI is InChI=1S/C16H23N3O.ClH/c1-16(9-14(16)12-5-3-2-4-6-12)18-10-15(20)19-8-7-13(17)11-19;/h2-6,13-14,18H,7-11,17H2,1H3;1H/t13-,14-,16-;/m0./s1. The first-order chi connectivity index (χ1) is 9.58. The summed E-state index contributed by atoms with van der Waals surface area (Å²) in [6.45, 7) is 4.14. The predicted octanol–water partition coefficient (Wildman–Crippen LogP) is 1.50. The number of amides is 1. The first kappa shape index (κ1) is 16.3. The molecule has 4 nitrogen and oxygen atoms in total. The molecule has 1 amide bonds. The third-order valence-electron chi connectivity index (χ3n) is 4.66. The van der Waals surface area contributed by atoms with E-state index in [0.717, 1.165) is 19.4 Å². The Morgan fingerprint density at radius 3 is 2.76 bits per heavy atom. The van der Waals surface area contributed by atoms with Crippen molar-refractivity contribution in [1.82, 2.24) is 10.2 Å². The van der Waals surface area contributed by atoms with E-state index in [2.05, 4.69) is 36.5 Å². The molecule has 1 saturated carbocycles. The van der Waals surface area contributed by atoms with Crippen molar-refractivity contribution >= 4 is 18.3 Å². The number of likely N-dealkylation sites (tertiary alicyclic amines) is 1. The van der Waals surface area contributed by atoms with Gasteiger partial charge in [0.15, 0.2) is 0 Å². The maximum absolute atomic E-state index is 12.1. The largest absolute Gasteiger partial charge is 0.340 e. The fourth-order valence-electron chi connectivity index (χ4n) is 3.13. The summed E-state index contributed by atoms with van der Waals surface area (Å²) in [6.07, 6.45) is 2.03. The lowest BCUT2D eigenvalue weighted by molar-refractivity contribution is -0.129. The van der Waals surface area contributed by atoms with Crippen molar-refractivity contribution in [2.45, 2.75) is 37.3 Å². The van der Waals surface area contributed by atoms with Crippen LogP contribution in [-0.4, -0.2) is 42.0 Å². The van der Waals surface area contributed by atoms with Crippen LogP contribution in [0.25, 0.3) is 0 Å². The van der Waals surface area contributed by atoms with Gasteiger partial charge in [-0.1, -0.05) is 30.3 Å². The van der Waals surface area contributed by atoms with Gasteiger partial charge in [0, 0.05) is 30.6 Å². The van der Waals surface area contributed by atoms with Gasteiger partial charge in [-0.2, -0.15) is 0 Å². The Bertz CT molecular complexity index is 496. The summed E-state index contributed by atoms with van der Waals surface area (Å²) in [4.78, 5) is 14.0. The molecule has 3 atom stereocenters. The Kier molecular flexibility index (Phi) is 4.91. The number of hydrogen-bond donors (Lipinski definition) is 2. The van der Waals surface area contributed by atoms with Crippen LogP contribution in [0.4, 0.5) is 0 Å². The van der Waals surface area contributed by atoms with Crippen molar-refractivity contribution in [2.24, 2.45) is 5.73 Å². The summed E-state index contributed by atoms with van der Waals surface area (Å²) < 4.78 is 0. The van der Waals surface area contributed by atoms with Crippen LogP contribution < -0.4 is 11.1 Å². The molecule has 1 aliphatic heterocycles. The zero-order chi connectivity index (χ0) is 14.2. The minimum absolute atomic E-state index is 0. The lowest BCUT2D eigenvalue weighted by atomic mass is 10.1. The van der Waals surface area contributed by atoms with Gasteiger partial charge in [-0.3, -0.25) is 4.79 Å². The molecule has 21 heavy (non-hydrogen) atoms. The molecule has 0 radical (unpaired) electrons. The van der Waals surface area contributed by atoms with Crippen LogP contribution >= 0.6 is 12.4 Å². The second kappa shape index (κ2) is 6.34. The third kappa shape index (κ3) is 3.57. The van der Waals surface area contributed by atoms with Crippen LogP contribution in [0.2, 0.25) is 0 Å². The van der Waals surface area contributed by atoms with Gasteiger partial charge in [0.2, 0.25) is 5.91 Å². The molecule has 1 heterocycles. The van der Waals surface area contributed by atoms with E-state index in [1.54, 1.807) is 0 Å². The molecule has 2 fully saturated rings. The molecule has 3 rings (SSSR count). The molecule has 116 valence electrons. The van der Waals surface area contributed by atoms with Crippen LogP contribution in [0, 0.1) is 0 Å². The summed E-state index contributed by atoms with van der Waals surface area (Å²) in [5, 5.41) is 3.44. The minimum Gasteiger partial charge on any atom is -0.340 e. The molecule has 0 aromatic heterocycles. The molecular weight excluding hydrogens is 286 g/mol. The monoisotopic (exact) mass is 309 g/mol. The number of benzene rings is 1. The lowest BCUT2D eigenvalue weighted by Crippen LogP contribution is -2.42. The second-order valence-corrected chi connectivity index (χ2v) is 6.33. The summed E-state index contributed by atoms with van der Waals surface area (Å²) >= 11 is 0. The Hall–Kier alpha value is -1.10. The first-order valence-corrected chi connectivity index (χ1v) is 7.42. The van der Waals surface area contributed by atoms with E-state index in [1.807, 2.05) is 11.0 Å². The van der Waals surface area contributed by atoms with Crippen LogP contribution in [0.3, 0.4) is 0 Å². The van der Waals surface area contributed by atoms with Gasteiger partial charge in [-0.05, 0) is 25.3 Å². The number of halogens is 1. The molecule has 0 bridgehead atoms. The SMILES string of the molecule is C[C@]1(NCC(=O)N2CC[C@H](N)C2)C[C@H]1c1ccccc1.Cl. The lowest BCUT2D eigenvalue weighted by Gasteiger charge is -2.19. The van der Waals surface area contributed by atoms with Gasteiger partial charge >= 0.3 is 0 Å². The average molecular weight is 310 g/mol. The smallest absolute Gasteiger partial charge is 0.236 e. The van der Waals surface area contributed by atoms with Gasteiger partial charge in [-0.15, -0.1) is 12.4 Å². The Balaban J connectivity index is 0.00000161. The van der Waals surface area contributed by atoms with Gasteiger partial charge in [0.25, 0.3) is 0 Å². The minimum atomic E-state index is 0. The Labute approximate surface area is 132 Å². The Morgan fingerprint density at radius 1 is 1.43 bits per heavy atom. The summed E-state index contributed by atoms with van der Waals surface area (Å²) in [6, 6.07) is 10.7. The molecule has 0 unspecified atom stereocenters. The van der Waals surface area contributed by atoms with Crippen molar-refractivity contribution in [3.05, 3.63) is 35.9 Å². The topological polar surface area (TPSA) is 58.4 Å². The van der Waals surface area contributed by atoms with Gasteiger partial charge < -0.3 is 16.0 Å². The second-order valence-electron chi connectivity index (χ2n) is 6.33. The summed E-state index contributed by atoms with van der Waals surface area (Å²) in [5.74, 6) is 0.704. The average Bonchev–Trinajstić information content (AvgIpc) is 2.94. The van der Waals surface area contributed by atoms with E-state index in [4.69, 9.17) is 5.73 Å². The zero-order valence-electron chi connectivity index (χ0n) is 12.4. The van der Waals surface area contributed by atoms with Gasteiger partial charge in [0.1, 0.15) is 0 Å². The maximum Gasteiger partial charge on any atom is 0.236 e. The third-order valence-corrected chi connectivity index (χ3v) is 4.66. The maximum atomic E-state index is 12.1. The molecular formula is C16H24ClN3O. The van der Waals surface area contributed by atoms with Crippen molar-refractivity contribution in [3.8, 4) is 0 Å². The van der Waals surface area contributed by atoms with E-state index < -0.39 is 0 Å². The molecule has 2 aliphatic rings. The van der Waals surface area contributed by atoms with Crippen molar-refractivity contribution < 1.29 is 4.79 Å². The van der Waals surface area contributed by atoms with E-state index in [0.29, 0.717) is 19.0 Å². The molecule has 1 aliphatic carbocycles. The molecule has 5 heteroatoms. The predicted molar refractivity (Wildman–Crippen MR) is 86.6 cm³/mol. The van der Waals surface area contributed by atoms with Gasteiger partial charge in [-0.25, -0.2) is 0 Å². The van der Waals surface area contributed by atoms with E-state index in [1.165, 1.54) is 5.56 Å². The highest BCUT2D eigenvalue weighted by Crippen LogP contribution is 2.50. The zero-order valence-corrected chi connectivity index (χ0v) is 13.2. The van der Waals surface area contributed by atoms with Crippen molar-refractivity contribution in [1.29, 1.82) is 0 Å². The van der Waals surface area contributed by atoms with Crippen LogP contribution in [0.1, 0.15) is 31.2 Å². The number of nitrogens with one attached hydrogen (secondary N) is 1. The van der Waals surface area contributed by atoms with E-state index in [-0.39, 0.29) is 29.9 Å². The molecule has 1 aromatic rings. The molecule has 0 spiro atoms. The highest BCUT2D eigenvalue weighted by Gasteiger charge is 2.50. The number of hydrogen-bond acceptors (Lipinski definition) is 3. The van der Waals surface area contributed by atoms with Crippen LogP contribution in [0.5, 0.6) is 0 Å². The van der Waals surface area contributed by atoms with Gasteiger partial charge in [0.05, 0.1) is 6.54 Å². The fourth-order valence-corrected chi connectivity index (χ4v) is 3.13. The highest BCUT2D eigenvalue weighted by molar-refractivity contribution is 5.85. The normalized spacial score (nSPS) is 30.9. The van der Waals surface area contributed by atoms with Crippen LogP contribution in [0.15, 0.2) is 30.3 Å². The number of nitrogens with two attached hydrogens (primary N) is 1. The molecule has 1 aromatic carbocycles. The molecule has 1 saturated heterocycles. The quantitative estimate of drug-likeness (QED) is 0.886. The highest BCUT2D eigenvalue weighted by atomic mass is 35.5. The number of carbonyl (C=O) groups excluding carboxylic acids is 1. The summed E-state index contributed by atoms with van der Waals surface area (Å²) in [5.41, 5.74) is 7.27. The number of nitrogens with zero attached hydrogens (tertiary/aromatic N) is 1. The fraction of sp³-hybridized carbons (Fsp3) is 0.562. The summed E-state index contributed by atoms with van der Waals surface area (Å²) in [7, 11) is 0. The van der Waals surface area contributed by atoms with Crippen molar-refractivity contribution in [3.63, 3.8) is 0 Å². The number of carbonyl (C=O) groups is 1. The first-order valence-electron chi connectivity index (χ1n) is 7.42. The van der Waals surface area contributed by atoms with Crippen molar-refractivity contribution in [2.75, 3.05) is 19.6 Å². The van der Waals surface area contributed by atoms with E-state index in [9.17, 15) is 4.79 Å².